The number of benzene rings is 1. The Labute approximate surface area is 185 Å². The molecule has 5 heteroatoms. The predicted octanol–water partition coefficient (Wildman–Crippen LogP) is 5.57. The number of Topliss-reactive ketones (excluding diaryl/α,β-unsaturated/α-hetero) is 1. The molecule has 0 saturated heterocycles. The number of allylic oxidation sites excluding steroid dienone is 3. The minimum absolute atomic E-state index is 0.103. The highest BCUT2D eigenvalue weighted by Gasteiger charge is 2.40. The van der Waals surface area contributed by atoms with Crippen LogP contribution in [-0.2, 0) is 14.3 Å². The van der Waals surface area contributed by atoms with Gasteiger partial charge in [-0.1, -0.05) is 51.3 Å². The van der Waals surface area contributed by atoms with Gasteiger partial charge in [0.2, 0.25) is 0 Å². The van der Waals surface area contributed by atoms with Crippen LogP contribution in [0.25, 0.3) is 0 Å². The first-order chi connectivity index (χ1) is 15.1. The molecule has 1 aliphatic heterocycles. The number of ether oxygens (including phenoxy) is 2. The van der Waals surface area contributed by atoms with Gasteiger partial charge in [0.05, 0.1) is 24.7 Å². The van der Waals surface area contributed by atoms with Crippen molar-refractivity contribution >= 4 is 11.8 Å². The van der Waals surface area contributed by atoms with Crippen molar-refractivity contribution in [2.75, 3.05) is 13.2 Å². The van der Waals surface area contributed by atoms with Gasteiger partial charge < -0.3 is 14.8 Å². The van der Waals surface area contributed by atoms with E-state index < -0.39 is 5.92 Å². The fourth-order valence-electron chi connectivity index (χ4n) is 4.34. The lowest BCUT2D eigenvalue weighted by molar-refractivity contribution is -0.139. The lowest BCUT2D eigenvalue weighted by atomic mass is 9.75. The summed E-state index contributed by atoms with van der Waals surface area (Å²) in [4.78, 5) is 26.3. The number of ketones is 1. The van der Waals surface area contributed by atoms with Gasteiger partial charge in [-0.05, 0) is 38.7 Å². The third-order valence-corrected chi connectivity index (χ3v) is 5.96. The first-order valence-electron chi connectivity index (χ1n) is 11.7. The molecule has 3 rings (SSSR count). The van der Waals surface area contributed by atoms with E-state index in [1.54, 1.807) is 0 Å². The zero-order valence-corrected chi connectivity index (χ0v) is 19.1. The monoisotopic (exact) mass is 425 g/mol. The molecule has 0 fully saturated rings. The van der Waals surface area contributed by atoms with Crippen molar-refractivity contribution in [3.05, 3.63) is 52.4 Å². The Morgan fingerprint density at radius 2 is 1.84 bits per heavy atom. The maximum Gasteiger partial charge on any atom is 0.336 e. The molecule has 1 aromatic rings. The van der Waals surface area contributed by atoms with Crippen molar-refractivity contribution in [1.29, 1.82) is 0 Å². The van der Waals surface area contributed by atoms with Crippen LogP contribution in [0.4, 0.5) is 0 Å². The second-order valence-electron chi connectivity index (χ2n) is 8.35. The molecular weight excluding hydrogens is 390 g/mol. The number of rotatable bonds is 10. The molecule has 168 valence electrons. The van der Waals surface area contributed by atoms with Crippen molar-refractivity contribution in [1.82, 2.24) is 5.32 Å². The lowest BCUT2D eigenvalue weighted by Gasteiger charge is -2.34. The van der Waals surface area contributed by atoms with Crippen LogP contribution in [0.1, 0.15) is 83.6 Å². The molecule has 0 aromatic heterocycles. The van der Waals surface area contributed by atoms with E-state index in [2.05, 4.69) is 19.2 Å². The number of hydrogen-bond donors (Lipinski definition) is 1. The van der Waals surface area contributed by atoms with Crippen molar-refractivity contribution in [3.63, 3.8) is 0 Å². The van der Waals surface area contributed by atoms with E-state index in [4.69, 9.17) is 9.47 Å². The summed E-state index contributed by atoms with van der Waals surface area (Å²) in [6.07, 6.45) is 7.07. The van der Waals surface area contributed by atoms with Gasteiger partial charge in [0.15, 0.2) is 5.78 Å². The van der Waals surface area contributed by atoms with Gasteiger partial charge in [-0.25, -0.2) is 4.79 Å². The lowest BCUT2D eigenvalue weighted by Crippen LogP contribution is -2.34. The molecule has 31 heavy (non-hydrogen) atoms. The molecule has 5 nitrogen and oxygen atoms in total. The molecule has 1 heterocycles. The highest BCUT2D eigenvalue weighted by atomic mass is 16.5. The standard InChI is InChI=1S/C26H35NO4/c1-4-6-10-17-31-26(29)23-18(3)27-20-13-11-14-21(28)25(20)24(23)19-12-8-9-15-22(19)30-16-7-5-2/h8-9,12,15,24,27H,4-7,10-11,13-14,16-17H2,1-3H3/t24-/m1/s1. The van der Waals surface area contributed by atoms with E-state index in [1.807, 2.05) is 31.2 Å². The van der Waals surface area contributed by atoms with Crippen molar-refractivity contribution in [3.8, 4) is 5.75 Å². The molecule has 0 bridgehead atoms. The quantitative estimate of drug-likeness (QED) is 0.392. The number of para-hydroxylation sites is 1. The largest absolute Gasteiger partial charge is 0.493 e. The highest BCUT2D eigenvalue weighted by Crippen LogP contribution is 2.45. The fraction of sp³-hybridized carbons (Fsp3) is 0.538. The van der Waals surface area contributed by atoms with Gasteiger partial charge in [0.25, 0.3) is 0 Å². The van der Waals surface area contributed by atoms with E-state index in [0.717, 1.165) is 67.7 Å². The molecule has 0 spiro atoms. The Bertz CT molecular complexity index is 868. The summed E-state index contributed by atoms with van der Waals surface area (Å²) < 4.78 is 11.7. The molecule has 1 aromatic carbocycles. The average molecular weight is 426 g/mol. The number of dihydropyridines is 1. The van der Waals surface area contributed by atoms with E-state index in [1.165, 1.54) is 0 Å². The number of esters is 1. The van der Waals surface area contributed by atoms with Gasteiger partial charge in [0, 0.05) is 29.0 Å². The number of carbonyl (C=O) groups excluding carboxylic acids is 2. The molecule has 0 radical (unpaired) electrons. The number of unbranched alkanes of at least 4 members (excludes halogenated alkanes) is 3. The minimum atomic E-state index is -0.458. The molecule has 1 atom stereocenters. The summed E-state index contributed by atoms with van der Waals surface area (Å²) in [5.74, 6) is 0.0305. The van der Waals surface area contributed by atoms with Crippen molar-refractivity contribution in [2.24, 2.45) is 0 Å². The Kier molecular flexibility index (Phi) is 8.33. The van der Waals surface area contributed by atoms with Crippen LogP contribution in [0, 0.1) is 0 Å². The van der Waals surface area contributed by atoms with E-state index >= 15 is 0 Å². The van der Waals surface area contributed by atoms with Gasteiger partial charge in [-0.2, -0.15) is 0 Å². The topological polar surface area (TPSA) is 64.6 Å². The minimum Gasteiger partial charge on any atom is -0.493 e. The van der Waals surface area contributed by atoms with Crippen LogP contribution in [0.3, 0.4) is 0 Å². The van der Waals surface area contributed by atoms with E-state index in [9.17, 15) is 9.59 Å². The summed E-state index contributed by atoms with van der Waals surface area (Å²) >= 11 is 0. The number of hydrogen-bond acceptors (Lipinski definition) is 5. The second-order valence-corrected chi connectivity index (χ2v) is 8.35. The normalized spacial score (nSPS) is 18.5. The van der Waals surface area contributed by atoms with Crippen LogP contribution in [0.2, 0.25) is 0 Å². The summed E-state index contributed by atoms with van der Waals surface area (Å²) in [7, 11) is 0. The molecule has 2 aliphatic rings. The maximum atomic E-state index is 13.2. The third kappa shape index (κ3) is 5.38. The molecule has 1 N–H and O–H groups in total. The van der Waals surface area contributed by atoms with Gasteiger partial charge >= 0.3 is 5.97 Å². The SMILES string of the molecule is CCCCCOC(=O)C1=C(C)NC2=C(C(=O)CCC2)[C@@H]1c1ccccc1OCCCC. The van der Waals surface area contributed by atoms with Gasteiger partial charge in [-0.15, -0.1) is 0 Å². The fourth-order valence-corrected chi connectivity index (χ4v) is 4.34. The summed E-state index contributed by atoms with van der Waals surface area (Å²) in [5, 5.41) is 3.35. The second kappa shape index (κ2) is 11.2. The third-order valence-electron chi connectivity index (χ3n) is 5.96. The molecular formula is C26H35NO4. The zero-order valence-electron chi connectivity index (χ0n) is 19.1. The highest BCUT2D eigenvalue weighted by molar-refractivity contribution is 6.04. The predicted molar refractivity (Wildman–Crippen MR) is 122 cm³/mol. The molecule has 1 aliphatic carbocycles. The number of carbonyl (C=O) groups is 2. The Hall–Kier alpha value is -2.56. The van der Waals surface area contributed by atoms with Gasteiger partial charge in [-0.3, -0.25) is 4.79 Å². The first kappa shape index (κ1) is 23.1. The van der Waals surface area contributed by atoms with Crippen LogP contribution in [0.15, 0.2) is 46.8 Å². The first-order valence-corrected chi connectivity index (χ1v) is 11.7. The summed E-state index contributed by atoms with van der Waals surface area (Å²) in [6.45, 7) is 7.15. The Balaban J connectivity index is 2.00. The maximum absolute atomic E-state index is 13.2. The van der Waals surface area contributed by atoms with Crippen LogP contribution < -0.4 is 10.1 Å². The summed E-state index contributed by atoms with van der Waals surface area (Å²) in [6, 6.07) is 7.78. The molecule has 0 amide bonds. The van der Waals surface area contributed by atoms with E-state index in [-0.39, 0.29) is 11.8 Å². The molecule has 0 unspecified atom stereocenters. The van der Waals surface area contributed by atoms with E-state index in [0.29, 0.717) is 30.8 Å². The van der Waals surface area contributed by atoms with Crippen LogP contribution >= 0.6 is 0 Å². The van der Waals surface area contributed by atoms with Crippen molar-refractivity contribution in [2.45, 2.75) is 78.1 Å². The smallest absolute Gasteiger partial charge is 0.336 e. The Morgan fingerprint density at radius 3 is 2.61 bits per heavy atom. The number of nitrogens with one attached hydrogen (secondary N) is 1. The van der Waals surface area contributed by atoms with Crippen LogP contribution in [-0.4, -0.2) is 25.0 Å². The molecule has 0 saturated carbocycles. The summed E-state index contributed by atoms with van der Waals surface area (Å²) in [5.41, 5.74) is 3.79. The van der Waals surface area contributed by atoms with Crippen molar-refractivity contribution < 1.29 is 19.1 Å². The average Bonchev–Trinajstić information content (AvgIpc) is 2.76. The van der Waals surface area contributed by atoms with Gasteiger partial charge in [0.1, 0.15) is 5.75 Å². The van der Waals surface area contributed by atoms with Crippen LogP contribution in [0.5, 0.6) is 5.75 Å². The zero-order chi connectivity index (χ0) is 22.2. The Morgan fingerprint density at radius 1 is 1.06 bits per heavy atom.